The third-order valence-corrected chi connectivity index (χ3v) is 5.55. The summed E-state index contributed by atoms with van der Waals surface area (Å²) in [5.74, 6) is -1.70. The van der Waals surface area contributed by atoms with E-state index in [1.165, 1.54) is 0 Å². The van der Waals surface area contributed by atoms with Gasteiger partial charge in [0, 0.05) is 16.3 Å². The summed E-state index contributed by atoms with van der Waals surface area (Å²) < 4.78 is 11.6. The van der Waals surface area contributed by atoms with Crippen molar-refractivity contribution in [1.29, 1.82) is 0 Å². The van der Waals surface area contributed by atoms with E-state index in [1.807, 2.05) is 66.7 Å². The van der Waals surface area contributed by atoms with Crippen LogP contribution in [0.1, 0.15) is 30.9 Å². The van der Waals surface area contributed by atoms with Crippen molar-refractivity contribution in [2.75, 3.05) is 13.2 Å². The first-order chi connectivity index (χ1) is 13.6. The fourth-order valence-corrected chi connectivity index (χ4v) is 3.97. The summed E-state index contributed by atoms with van der Waals surface area (Å²) >= 11 is 3.43. The zero-order valence-corrected chi connectivity index (χ0v) is 17.5. The van der Waals surface area contributed by atoms with Gasteiger partial charge in [-0.1, -0.05) is 70.5 Å². The molecule has 0 aliphatic heterocycles. The van der Waals surface area contributed by atoms with Gasteiger partial charge < -0.3 is 9.47 Å². The van der Waals surface area contributed by atoms with Gasteiger partial charge in [0.05, 0.1) is 13.2 Å². The topological polar surface area (TPSA) is 52.6 Å². The lowest BCUT2D eigenvalue weighted by atomic mass is 9.98. The maximum absolute atomic E-state index is 12.9. The number of carbonyl (C=O) groups is 2. The van der Waals surface area contributed by atoms with E-state index in [4.69, 9.17) is 9.47 Å². The lowest BCUT2D eigenvalue weighted by Crippen LogP contribution is -2.33. The molecular weight excluding hydrogens is 420 g/mol. The third-order valence-electron chi connectivity index (χ3n) is 5.02. The van der Waals surface area contributed by atoms with Gasteiger partial charge in [-0.2, -0.15) is 0 Å². The molecule has 2 aromatic rings. The molecule has 1 aliphatic carbocycles. The van der Waals surface area contributed by atoms with Crippen LogP contribution >= 0.6 is 15.9 Å². The minimum atomic E-state index is -1.34. The summed E-state index contributed by atoms with van der Waals surface area (Å²) in [6.45, 7) is 3.90. The summed E-state index contributed by atoms with van der Waals surface area (Å²) in [4.78, 5) is 25.9. The molecule has 0 aromatic heterocycles. The molecular formula is C23H23BrO4. The van der Waals surface area contributed by atoms with Crippen LogP contribution in [-0.4, -0.2) is 25.2 Å². The molecule has 0 N–H and O–H groups in total. The zero-order valence-electron chi connectivity index (χ0n) is 15.9. The van der Waals surface area contributed by atoms with Crippen LogP contribution in [0.4, 0.5) is 0 Å². The Bertz CT molecular complexity index is 840. The summed E-state index contributed by atoms with van der Waals surface area (Å²) in [6.07, 6.45) is 3.87. The predicted molar refractivity (Wildman–Crippen MR) is 112 cm³/mol. The van der Waals surface area contributed by atoms with Crippen LogP contribution in [-0.2, 0) is 19.1 Å². The van der Waals surface area contributed by atoms with Gasteiger partial charge in [0.25, 0.3) is 0 Å². The Morgan fingerprint density at radius 2 is 1.54 bits per heavy atom. The molecule has 1 fully saturated rings. The normalized spacial score (nSPS) is 20.0. The first kappa shape index (κ1) is 20.3. The molecule has 2 atom stereocenters. The predicted octanol–water partition coefficient (Wildman–Crippen LogP) is 4.99. The minimum Gasteiger partial charge on any atom is -0.465 e. The van der Waals surface area contributed by atoms with Gasteiger partial charge in [-0.3, -0.25) is 9.59 Å². The first-order valence-corrected chi connectivity index (χ1v) is 10.2. The van der Waals surface area contributed by atoms with E-state index in [0.29, 0.717) is 0 Å². The molecule has 0 unspecified atom stereocenters. The smallest absolute Gasteiger partial charge is 0.324 e. The second kappa shape index (κ2) is 8.74. The second-order valence-corrected chi connectivity index (χ2v) is 7.55. The van der Waals surface area contributed by atoms with Crippen LogP contribution in [0.25, 0.3) is 6.08 Å². The Hall–Kier alpha value is -2.40. The molecule has 2 aromatic carbocycles. The maximum Gasteiger partial charge on any atom is 0.324 e. The Balaban J connectivity index is 2.03. The van der Waals surface area contributed by atoms with Crippen LogP contribution < -0.4 is 0 Å². The second-order valence-electron chi connectivity index (χ2n) is 6.63. The highest BCUT2D eigenvalue weighted by Gasteiger charge is 2.76. The van der Waals surface area contributed by atoms with Crippen LogP contribution in [0.5, 0.6) is 0 Å². The number of ether oxygens (including phenoxy) is 2. The lowest BCUT2D eigenvalue weighted by Gasteiger charge is -2.15. The summed E-state index contributed by atoms with van der Waals surface area (Å²) in [5, 5.41) is 0. The monoisotopic (exact) mass is 442 g/mol. The Kier molecular flexibility index (Phi) is 6.35. The van der Waals surface area contributed by atoms with Crippen LogP contribution in [0, 0.1) is 11.3 Å². The molecule has 0 saturated heterocycles. The first-order valence-electron chi connectivity index (χ1n) is 9.38. The molecule has 3 rings (SSSR count). The van der Waals surface area contributed by atoms with Gasteiger partial charge in [-0.25, -0.2) is 0 Å². The Morgan fingerprint density at radius 3 is 2.07 bits per heavy atom. The number of halogens is 1. The molecule has 28 heavy (non-hydrogen) atoms. The molecule has 146 valence electrons. The van der Waals surface area contributed by atoms with Crippen LogP contribution in [0.3, 0.4) is 0 Å². The molecule has 5 heteroatoms. The fourth-order valence-electron chi connectivity index (χ4n) is 3.71. The Labute approximate surface area is 173 Å². The number of benzene rings is 2. The standard InChI is InChI=1S/C23H23BrO4/c1-3-27-21(25)23(22(26)28-4-2)19(15-10-16-8-6-5-7-9-16)20(23)17-11-13-18(24)14-12-17/h5-15,19-20H,3-4H2,1-2H3/b15-10+/t19-,20-/m1/s1. The van der Waals surface area contributed by atoms with E-state index in [0.717, 1.165) is 15.6 Å². The van der Waals surface area contributed by atoms with E-state index in [9.17, 15) is 9.59 Å². The number of esters is 2. The van der Waals surface area contributed by atoms with Crippen molar-refractivity contribution in [2.45, 2.75) is 19.8 Å². The van der Waals surface area contributed by atoms with Crippen molar-refractivity contribution in [1.82, 2.24) is 0 Å². The van der Waals surface area contributed by atoms with Crippen molar-refractivity contribution in [3.63, 3.8) is 0 Å². The van der Waals surface area contributed by atoms with Gasteiger partial charge in [-0.15, -0.1) is 0 Å². The highest BCUT2D eigenvalue weighted by molar-refractivity contribution is 9.10. The number of allylic oxidation sites excluding steroid dienone is 1. The largest absolute Gasteiger partial charge is 0.465 e. The number of hydrogen-bond donors (Lipinski definition) is 0. The molecule has 0 heterocycles. The average molecular weight is 443 g/mol. The fraction of sp³-hybridized carbons (Fsp3) is 0.304. The van der Waals surface area contributed by atoms with Crippen molar-refractivity contribution >= 4 is 33.9 Å². The summed E-state index contributed by atoms with van der Waals surface area (Å²) in [7, 11) is 0. The molecule has 4 nitrogen and oxygen atoms in total. The third kappa shape index (κ3) is 3.76. The van der Waals surface area contributed by atoms with Crippen molar-refractivity contribution < 1.29 is 19.1 Å². The average Bonchev–Trinajstić information content (AvgIpc) is 3.38. The molecule has 1 saturated carbocycles. The van der Waals surface area contributed by atoms with Crippen LogP contribution in [0.2, 0.25) is 0 Å². The molecule has 0 spiro atoms. The SMILES string of the molecule is CCOC(=O)C1(C(=O)OCC)[C@H](/C=C/c2ccccc2)[C@H]1c1ccc(Br)cc1. The van der Waals surface area contributed by atoms with Gasteiger partial charge in [0.15, 0.2) is 5.41 Å². The number of carbonyl (C=O) groups excluding carboxylic acids is 2. The minimum absolute atomic E-state index is 0.210. The molecule has 1 aliphatic rings. The summed E-state index contributed by atoms with van der Waals surface area (Å²) in [6, 6.07) is 17.5. The molecule has 0 radical (unpaired) electrons. The van der Waals surface area contributed by atoms with Crippen molar-refractivity contribution in [3.8, 4) is 0 Å². The molecule has 0 bridgehead atoms. The van der Waals surface area contributed by atoms with E-state index in [-0.39, 0.29) is 25.0 Å². The molecule has 0 amide bonds. The van der Waals surface area contributed by atoms with Gasteiger partial charge in [-0.05, 0) is 37.1 Å². The van der Waals surface area contributed by atoms with E-state index in [2.05, 4.69) is 15.9 Å². The van der Waals surface area contributed by atoms with E-state index >= 15 is 0 Å². The van der Waals surface area contributed by atoms with Gasteiger partial charge in [0.2, 0.25) is 0 Å². The van der Waals surface area contributed by atoms with Gasteiger partial charge in [0.1, 0.15) is 0 Å². The van der Waals surface area contributed by atoms with Crippen molar-refractivity contribution in [3.05, 3.63) is 76.3 Å². The van der Waals surface area contributed by atoms with Crippen molar-refractivity contribution in [2.24, 2.45) is 11.3 Å². The zero-order chi connectivity index (χ0) is 20.1. The number of hydrogen-bond acceptors (Lipinski definition) is 4. The lowest BCUT2D eigenvalue weighted by molar-refractivity contribution is -0.165. The highest BCUT2D eigenvalue weighted by atomic mass is 79.9. The van der Waals surface area contributed by atoms with E-state index in [1.54, 1.807) is 13.8 Å². The quantitative estimate of drug-likeness (QED) is 0.447. The maximum atomic E-state index is 12.9. The van der Waals surface area contributed by atoms with E-state index < -0.39 is 17.4 Å². The highest BCUT2D eigenvalue weighted by Crippen LogP contribution is 2.67. The van der Waals surface area contributed by atoms with Crippen LogP contribution in [0.15, 0.2) is 65.1 Å². The Morgan fingerprint density at radius 1 is 0.964 bits per heavy atom. The van der Waals surface area contributed by atoms with Gasteiger partial charge >= 0.3 is 11.9 Å². The number of rotatable bonds is 7. The summed E-state index contributed by atoms with van der Waals surface area (Å²) in [5.41, 5.74) is 0.572.